The number of nitrogen functional groups attached to an aromatic ring is 1. The summed E-state index contributed by atoms with van der Waals surface area (Å²) in [6.07, 6.45) is 2.36. The third-order valence-corrected chi connectivity index (χ3v) is 6.93. The molecule has 1 aromatic carbocycles. The van der Waals surface area contributed by atoms with Crippen LogP contribution in [0.25, 0.3) is 11.0 Å². The van der Waals surface area contributed by atoms with E-state index in [1.165, 1.54) is 0 Å². The van der Waals surface area contributed by atoms with E-state index in [0.717, 1.165) is 11.1 Å². The normalized spacial score (nSPS) is 12.2. The maximum Gasteiger partial charge on any atom is 0.328 e. The van der Waals surface area contributed by atoms with Gasteiger partial charge in [0.2, 0.25) is 11.9 Å². The molecule has 0 bridgehead atoms. The van der Waals surface area contributed by atoms with E-state index in [9.17, 15) is 28.8 Å². The van der Waals surface area contributed by atoms with E-state index in [2.05, 4.69) is 25.6 Å². The number of aryl methyl sites for hydroxylation is 2. The van der Waals surface area contributed by atoms with Crippen LogP contribution in [0.3, 0.4) is 0 Å². The number of nitrogens with one attached hydrogen (secondary N) is 4. The molecular weight excluding hydrogens is 600 g/mol. The molecule has 6 N–H and O–H groups in total. The van der Waals surface area contributed by atoms with E-state index in [-0.39, 0.29) is 62.6 Å². The number of benzene rings is 1. The molecule has 0 aliphatic heterocycles. The van der Waals surface area contributed by atoms with E-state index >= 15 is 0 Å². The van der Waals surface area contributed by atoms with Gasteiger partial charge < -0.3 is 35.6 Å². The molecule has 0 radical (unpaired) electrons. The lowest BCUT2D eigenvalue weighted by atomic mass is 10.0. The number of aromatic nitrogens is 3. The smallest absolute Gasteiger partial charge is 0.328 e. The zero-order valence-corrected chi connectivity index (χ0v) is 26.1. The van der Waals surface area contributed by atoms with Crippen LogP contribution < -0.4 is 21.9 Å². The quantitative estimate of drug-likeness (QED) is 0.105. The van der Waals surface area contributed by atoms with Gasteiger partial charge in [-0.05, 0) is 69.7 Å². The zero-order valence-electron chi connectivity index (χ0n) is 26.1. The molecule has 15 nitrogen and oxygen atoms in total. The van der Waals surface area contributed by atoms with Gasteiger partial charge in [0.25, 0.3) is 11.5 Å². The molecule has 0 saturated heterocycles. The SMILES string of the molecule is CCOC(=O)CC[C@H](NC(=O)CC[C@H](NC(=O)c1ccc(CCc2c[nH]c3nc(N)[nH]c(=O)c23)cc1)C(=O)OCC)C(=O)OCC. The Morgan fingerprint density at radius 1 is 0.848 bits per heavy atom. The van der Waals surface area contributed by atoms with Crippen molar-refractivity contribution in [3.05, 3.63) is 57.5 Å². The molecule has 248 valence electrons. The number of nitrogens with two attached hydrogens (primary N) is 1. The van der Waals surface area contributed by atoms with Crippen molar-refractivity contribution in [3.8, 4) is 0 Å². The summed E-state index contributed by atoms with van der Waals surface area (Å²) in [7, 11) is 0. The minimum Gasteiger partial charge on any atom is -0.466 e. The van der Waals surface area contributed by atoms with Gasteiger partial charge in [-0.1, -0.05) is 12.1 Å². The Morgan fingerprint density at radius 3 is 2.09 bits per heavy atom. The van der Waals surface area contributed by atoms with Gasteiger partial charge in [-0.3, -0.25) is 24.2 Å². The van der Waals surface area contributed by atoms with E-state index < -0.39 is 41.8 Å². The third kappa shape index (κ3) is 10.2. The fraction of sp³-hybridized carbons (Fsp3) is 0.452. The highest BCUT2D eigenvalue weighted by Gasteiger charge is 2.27. The Labute approximate surface area is 265 Å². The van der Waals surface area contributed by atoms with Crippen molar-refractivity contribution >= 4 is 46.7 Å². The predicted molar refractivity (Wildman–Crippen MR) is 167 cm³/mol. The molecule has 2 heterocycles. The second-order valence-corrected chi connectivity index (χ2v) is 10.2. The predicted octanol–water partition coefficient (Wildman–Crippen LogP) is 1.45. The number of anilines is 1. The highest BCUT2D eigenvalue weighted by Crippen LogP contribution is 2.16. The van der Waals surface area contributed by atoms with Gasteiger partial charge in [-0.2, -0.15) is 4.98 Å². The Hall–Kier alpha value is -5.21. The first-order chi connectivity index (χ1) is 22.1. The molecule has 0 aliphatic rings. The second kappa shape index (κ2) is 17.3. The molecular formula is C31H40N6O9. The van der Waals surface area contributed by atoms with Crippen molar-refractivity contribution < 1.29 is 38.2 Å². The Bertz CT molecular complexity index is 1580. The summed E-state index contributed by atoms with van der Waals surface area (Å²) in [6.45, 7) is 5.23. The molecule has 0 unspecified atom stereocenters. The van der Waals surface area contributed by atoms with Gasteiger partial charge in [0, 0.05) is 24.6 Å². The average Bonchev–Trinajstić information content (AvgIpc) is 3.43. The number of nitrogens with zero attached hydrogens (tertiary/aromatic N) is 1. The van der Waals surface area contributed by atoms with Crippen molar-refractivity contribution in [3.63, 3.8) is 0 Å². The molecule has 2 amide bonds. The molecule has 46 heavy (non-hydrogen) atoms. The number of fused-ring (bicyclic) bond motifs is 1. The van der Waals surface area contributed by atoms with Crippen molar-refractivity contribution in [2.45, 2.75) is 71.4 Å². The molecule has 2 aromatic heterocycles. The molecule has 0 aliphatic carbocycles. The average molecular weight is 641 g/mol. The molecule has 0 spiro atoms. The maximum atomic E-state index is 13.0. The summed E-state index contributed by atoms with van der Waals surface area (Å²) in [5.74, 6) is -3.02. The van der Waals surface area contributed by atoms with Gasteiger partial charge in [0.05, 0.1) is 25.2 Å². The Kier molecular flexibility index (Phi) is 13.3. The van der Waals surface area contributed by atoms with Gasteiger partial charge >= 0.3 is 17.9 Å². The van der Waals surface area contributed by atoms with Crippen LogP contribution in [0, 0.1) is 0 Å². The number of hydrogen-bond acceptors (Lipinski definition) is 11. The monoisotopic (exact) mass is 640 g/mol. The fourth-order valence-corrected chi connectivity index (χ4v) is 4.68. The lowest BCUT2D eigenvalue weighted by Gasteiger charge is -2.19. The van der Waals surface area contributed by atoms with Gasteiger partial charge in [-0.15, -0.1) is 0 Å². The van der Waals surface area contributed by atoms with Crippen LogP contribution in [0.4, 0.5) is 5.95 Å². The topological polar surface area (TPSA) is 225 Å². The van der Waals surface area contributed by atoms with E-state index in [1.807, 2.05) is 0 Å². The number of rotatable bonds is 17. The number of carbonyl (C=O) groups excluding carboxylic acids is 5. The minimum atomic E-state index is -1.14. The first-order valence-electron chi connectivity index (χ1n) is 15.1. The van der Waals surface area contributed by atoms with E-state index in [1.54, 1.807) is 51.2 Å². The van der Waals surface area contributed by atoms with Crippen molar-refractivity contribution in [1.29, 1.82) is 0 Å². The lowest BCUT2D eigenvalue weighted by molar-refractivity contribution is -0.149. The van der Waals surface area contributed by atoms with Crippen LogP contribution in [0.15, 0.2) is 35.3 Å². The molecule has 3 aromatic rings. The largest absolute Gasteiger partial charge is 0.466 e. The number of carbonyl (C=O) groups is 5. The van der Waals surface area contributed by atoms with Gasteiger partial charge in [0.1, 0.15) is 17.7 Å². The zero-order chi connectivity index (χ0) is 33.6. The molecule has 0 saturated carbocycles. The van der Waals surface area contributed by atoms with Crippen molar-refractivity contribution in [2.75, 3.05) is 25.6 Å². The number of aromatic amines is 2. The fourth-order valence-electron chi connectivity index (χ4n) is 4.68. The number of hydrogen-bond donors (Lipinski definition) is 5. The summed E-state index contributed by atoms with van der Waals surface area (Å²) < 4.78 is 15.0. The summed E-state index contributed by atoms with van der Waals surface area (Å²) in [6, 6.07) is 4.53. The third-order valence-electron chi connectivity index (χ3n) is 6.93. The van der Waals surface area contributed by atoms with Crippen LogP contribution in [-0.4, -0.2) is 76.6 Å². The van der Waals surface area contributed by atoms with Crippen molar-refractivity contribution in [2.24, 2.45) is 0 Å². The van der Waals surface area contributed by atoms with Crippen LogP contribution in [0.5, 0.6) is 0 Å². The number of H-pyrrole nitrogens is 2. The number of esters is 3. The summed E-state index contributed by atoms with van der Waals surface area (Å²) in [5.41, 5.74) is 7.65. The van der Waals surface area contributed by atoms with E-state index in [4.69, 9.17) is 19.9 Å². The van der Waals surface area contributed by atoms with Crippen LogP contribution in [0.1, 0.15) is 67.9 Å². The second-order valence-electron chi connectivity index (χ2n) is 10.2. The first-order valence-corrected chi connectivity index (χ1v) is 15.1. The van der Waals surface area contributed by atoms with E-state index in [0.29, 0.717) is 23.9 Å². The minimum absolute atomic E-state index is 0.0240. The Balaban J connectivity index is 1.59. The standard InChI is InChI=1S/C31H40N6O9/c1-4-44-24(39)16-14-21(29(42)45-5-2)34-23(38)15-13-22(30(43)46-6-3)35-27(40)19-10-7-18(8-11-19)9-12-20-17-33-26-25(20)28(41)37-31(32)36-26/h7-8,10-11,17,21-22H,4-6,9,12-16H2,1-3H3,(H,34,38)(H,35,40)(H4,32,33,36,37,41)/t21-,22-/m0/s1. The first kappa shape index (κ1) is 35.3. The highest BCUT2D eigenvalue weighted by atomic mass is 16.5. The van der Waals surface area contributed by atoms with Gasteiger partial charge in [-0.25, -0.2) is 9.59 Å². The Morgan fingerprint density at radius 2 is 1.46 bits per heavy atom. The summed E-state index contributed by atoms with van der Waals surface area (Å²) in [4.78, 5) is 84.3. The molecule has 15 heteroatoms. The van der Waals surface area contributed by atoms with Gasteiger partial charge in [0.15, 0.2) is 0 Å². The van der Waals surface area contributed by atoms with Crippen LogP contribution >= 0.6 is 0 Å². The van der Waals surface area contributed by atoms with Crippen molar-refractivity contribution in [1.82, 2.24) is 25.6 Å². The summed E-state index contributed by atoms with van der Waals surface area (Å²) >= 11 is 0. The maximum absolute atomic E-state index is 13.0. The number of ether oxygens (including phenoxy) is 3. The highest BCUT2D eigenvalue weighted by molar-refractivity contribution is 5.97. The van der Waals surface area contributed by atoms with Crippen LogP contribution in [-0.2, 0) is 46.2 Å². The van der Waals surface area contributed by atoms with Crippen LogP contribution in [0.2, 0.25) is 0 Å². The molecule has 2 atom stereocenters. The lowest BCUT2D eigenvalue weighted by Crippen LogP contribution is -2.45. The number of amides is 2. The molecule has 3 rings (SSSR count). The summed E-state index contributed by atoms with van der Waals surface area (Å²) in [5, 5.41) is 5.60. The molecule has 0 fully saturated rings.